The molecule has 17 heavy (non-hydrogen) atoms. The molecular formula is C12H23N3S2. The molecule has 0 saturated carbocycles. The maximum absolute atomic E-state index is 5.85. The molecule has 3 nitrogen and oxygen atoms in total. The summed E-state index contributed by atoms with van der Waals surface area (Å²) < 4.78 is 0. The smallest absolute Gasteiger partial charge is 0.0897 e. The predicted octanol–water partition coefficient (Wildman–Crippen LogP) is 2.35. The predicted molar refractivity (Wildman–Crippen MR) is 78.8 cm³/mol. The number of nitrogens with zero attached hydrogens (tertiary/aromatic N) is 2. The largest absolute Gasteiger partial charge is 0.329 e. The molecule has 1 aromatic rings. The number of nitrogens with two attached hydrogens (primary N) is 1. The van der Waals surface area contributed by atoms with E-state index >= 15 is 0 Å². The Hall–Kier alpha value is -0.100. The zero-order valence-electron chi connectivity index (χ0n) is 11.0. The molecule has 1 unspecified atom stereocenters. The minimum atomic E-state index is 0.476. The van der Waals surface area contributed by atoms with E-state index in [9.17, 15) is 0 Å². The maximum Gasteiger partial charge on any atom is 0.0897 e. The van der Waals surface area contributed by atoms with Gasteiger partial charge in [-0.1, -0.05) is 0 Å². The highest BCUT2D eigenvalue weighted by Crippen LogP contribution is 2.13. The van der Waals surface area contributed by atoms with Crippen LogP contribution in [0.15, 0.2) is 5.38 Å². The maximum atomic E-state index is 5.85. The van der Waals surface area contributed by atoms with E-state index in [2.05, 4.69) is 28.6 Å². The zero-order valence-corrected chi connectivity index (χ0v) is 12.6. The first-order valence-corrected chi connectivity index (χ1v) is 8.25. The van der Waals surface area contributed by atoms with Crippen molar-refractivity contribution in [2.75, 3.05) is 25.6 Å². The van der Waals surface area contributed by atoms with Gasteiger partial charge in [0.15, 0.2) is 0 Å². The van der Waals surface area contributed by atoms with Crippen LogP contribution < -0.4 is 5.73 Å². The standard InChI is InChI=1S/C12H23N3S2/c1-10-14-11(9-17-10)8-15(2)12(7-13)5-4-6-16-3/h9,12H,4-8,13H2,1-3H3. The van der Waals surface area contributed by atoms with Gasteiger partial charge in [0.25, 0.3) is 0 Å². The van der Waals surface area contributed by atoms with Gasteiger partial charge in [0.05, 0.1) is 10.7 Å². The Kier molecular flexibility index (Phi) is 7.11. The van der Waals surface area contributed by atoms with Crippen LogP contribution in [0.5, 0.6) is 0 Å². The Balaban J connectivity index is 2.40. The molecule has 98 valence electrons. The van der Waals surface area contributed by atoms with Crippen molar-refractivity contribution < 1.29 is 0 Å². The fourth-order valence-electron chi connectivity index (χ4n) is 1.85. The highest BCUT2D eigenvalue weighted by atomic mass is 32.2. The van der Waals surface area contributed by atoms with Gasteiger partial charge in [-0.05, 0) is 38.8 Å². The van der Waals surface area contributed by atoms with Crippen molar-refractivity contribution in [3.8, 4) is 0 Å². The molecule has 0 amide bonds. The normalized spacial score (nSPS) is 13.2. The summed E-state index contributed by atoms with van der Waals surface area (Å²) >= 11 is 3.62. The minimum Gasteiger partial charge on any atom is -0.329 e. The van der Waals surface area contributed by atoms with Gasteiger partial charge in [-0.2, -0.15) is 11.8 Å². The summed E-state index contributed by atoms with van der Waals surface area (Å²) in [6.45, 7) is 3.69. The van der Waals surface area contributed by atoms with Crippen LogP contribution in [0, 0.1) is 6.92 Å². The first-order valence-electron chi connectivity index (χ1n) is 5.97. The second kappa shape index (κ2) is 8.08. The Morgan fingerprint density at radius 1 is 1.59 bits per heavy atom. The Labute approximate surface area is 113 Å². The van der Waals surface area contributed by atoms with Crippen molar-refractivity contribution in [3.63, 3.8) is 0 Å². The number of thiazole rings is 1. The van der Waals surface area contributed by atoms with Gasteiger partial charge in [-0.3, -0.25) is 4.90 Å². The van der Waals surface area contributed by atoms with Gasteiger partial charge in [0, 0.05) is 24.5 Å². The molecule has 0 aromatic carbocycles. The van der Waals surface area contributed by atoms with E-state index in [0.29, 0.717) is 6.04 Å². The summed E-state index contributed by atoms with van der Waals surface area (Å²) in [4.78, 5) is 6.82. The molecule has 1 aromatic heterocycles. The molecule has 5 heteroatoms. The summed E-state index contributed by atoms with van der Waals surface area (Å²) in [6, 6.07) is 0.476. The molecule has 0 spiro atoms. The number of rotatable bonds is 8. The number of aromatic nitrogens is 1. The van der Waals surface area contributed by atoms with Gasteiger partial charge < -0.3 is 5.73 Å². The summed E-state index contributed by atoms with van der Waals surface area (Å²) in [5, 5.41) is 3.28. The Morgan fingerprint density at radius 3 is 2.88 bits per heavy atom. The van der Waals surface area contributed by atoms with Crippen LogP contribution in [0.25, 0.3) is 0 Å². The lowest BCUT2D eigenvalue weighted by molar-refractivity contribution is 0.224. The number of hydrogen-bond donors (Lipinski definition) is 1. The molecule has 1 heterocycles. The van der Waals surface area contributed by atoms with E-state index in [0.717, 1.165) is 18.1 Å². The van der Waals surface area contributed by atoms with Crippen molar-refractivity contribution in [1.82, 2.24) is 9.88 Å². The van der Waals surface area contributed by atoms with E-state index in [1.807, 2.05) is 18.7 Å². The lowest BCUT2D eigenvalue weighted by atomic mass is 10.1. The molecule has 0 radical (unpaired) electrons. The number of likely N-dealkylation sites (N-methyl/N-ethyl adjacent to an activating group) is 1. The van der Waals surface area contributed by atoms with Crippen LogP contribution in [-0.2, 0) is 6.54 Å². The van der Waals surface area contributed by atoms with Gasteiger partial charge in [0.1, 0.15) is 0 Å². The van der Waals surface area contributed by atoms with Crippen molar-refractivity contribution in [2.24, 2.45) is 5.73 Å². The average Bonchev–Trinajstić information content (AvgIpc) is 2.70. The quantitative estimate of drug-likeness (QED) is 0.738. The third-order valence-electron chi connectivity index (χ3n) is 2.86. The van der Waals surface area contributed by atoms with Gasteiger partial charge in [-0.25, -0.2) is 4.98 Å². The summed E-state index contributed by atoms with van der Waals surface area (Å²) in [7, 11) is 2.14. The van der Waals surface area contributed by atoms with Crippen molar-refractivity contribution in [3.05, 3.63) is 16.1 Å². The molecule has 0 fully saturated rings. The van der Waals surface area contributed by atoms with Crippen molar-refractivity contribution >= 4 is 23.1 Å². The number of thioether (sulfide) groups is 1. The monoisotopic (exact) mass is 273 g/mol. The Morgan fingerprint density at radius 2 is 2.35 bits per heavy atom. The minimum absolute atomic E-state index is 0.476. The molecule has 2 N–H and O–H groups in total. The van der Waals surface area contributed by atoms with E-state index in [1.165, 1.54) is 24.3 Å². The van der Waals surface area contributed by atoms with Crippen LogP contribution in [0.4, 0.5) is 0 Å². The van der Waals surface area contributed by atoms with Gasteiger partial charge in [-0.15, -0.1) is 11.3 Å². The third kappa shape index (κ3) is 5.38. The molecule has 0 aliphatic heterocycles. The number of aryl methyl sites for hydroxylation is 1. The van der Waals surface area contributed by atoms with Crippen LogP contribution in [0.1, 0.15) is 23.5 Å². The summed E-state index contributed by atoms with van der Waals surface area (Å²) in [6.07, 6.45) is 4.57. The fraction of sp³-hybridized carbons (Fsp3) is 0.750. The van der Waals surface area contributed by atoms with Crippen molar-refractivity contribution in [1.29, 1.82) is 0 Å². The SMILES string of the molecule is CSCCCC(CN)N(C)Cc1csc(C)n1. The molecular weight excluding hydrogens is 250 g/mol. The van der Waals surface area contributed by atoms with E-state index in [4.69, 9.17) is 5.73 Å². The molecule has 0 saturated heterocycles. The first kappa shape index (κ1) is 15.0. The van der Waals surface area contributed by atoms with E-state index < -0.39 is 0 Å². The lowest BCUT2D eigenvalue weighted by Crippen LogP contribution is -2.37. The highest BCUT2D eigenvalue weighted by molar-refractivity contribution is 7.98. The zero-order chi connectivity index (χ0) is 12.7. The van der Waals surface area contributed by atoms with E-state index in [1.54, 1.807) is 11.3 Å². The van der Waals surface area contributed by atoms with Crippen LogP contribution in [-0.4, -0.2) is 41.5 Å². The van der Waals surface area contributed by atoms with E-state index in [-0.39, 0.29) is 0 Å². The van der Waals surface area contributed by atoms with Crippen LogP contribution in [0.2, 0.25) is 0 Å². The Bertz CT molecular complexity index is 314. The van der Waals surface area contributed by atoms with Gasteiger partial charge in [0.2, 0.25) is 0 Å². The fourth-order valence-corrected chi connectivity index (χ4v) is 2.91. The molecule has 0 bridgehead atoms. The average molecular weight is 273 g/mol. The third-order valence-corrected chi connectivity index (χ3v) is 4.38. The van der Waals surface area contributed by atoms with Crippen molar-refractivity contribution in [2.45, 2.75) is 32.4 Å². The number of hydrogen-bond acceptors (Lipinski definition) is 5. The first-order chi connectivity index (χ1) is 8.17. The lowest BCUT2D eigenvalue weighted by Gasteiger charge is -2.26. The topological polar surface area (TPSA) is 42.1 Å². The van der Waals surface area contributed by atoms with Gasteiger partial charge >= 0.3 is 0 Å². The molecule has 1 rings (SSSR count). The summed E-state index contributed by atoms with van der Waals surface area (Å²) in [5.41, 5.74) is 7.01. The molecule has 1 atom stereocenters. The second-order valence-electron chi connectivity index (χ2n) is 4.30. The molecule has 0 aliphatic rings. The van der Waals surface area contributed by atoms with Crippen LogP contribution in [0.3, 0.4) is 0 Å². The summed E-state index contributed by atoms with van der Waals surface area (Å²) in [5.74, 6) is 1.22. The second-order valence-corrected chi connectivity index (χ2v) is 6.35. The highest BCUT2D eigenvalue weighted by Gasteiger charge is 2.13. The molecule has 0 aliphatic carbocycles. The van der Waals surface area contributed by atoms with Crippen LogP contribution >= 0.6 is 23.1 Å².